The van der Waals surface area contributed by atoms with Gasteiger partial charge in [-0.2, -0.15) is 0 Å². The first-order valence-electron chi connectivity index (χ1n) is 9.09. The van der Waals surface area contributed by atoms with E-state index in [1.54, 1.807) is 14.1 Å². The molecule has 0 aromatic carbocycles. The lowest BCUT2D eigenvalue weighted by molar-refractivity contribution is -0.150. The van der Waals surface area contributed by atoms with Crippen molar-refractivity contribution in [1.29, 1.82) is 0 Å². The van der Waals surface area contributed by atoms with Crippen LogP contribution in [0.4, 0.5) is 5.13 Å². The molecule has 14 heteroatoms. The molecule has 1 fully saturated rings. The monoisotopic (exact) mass is 480 g/mol. The Balaban J connectivity index is 1.80. The van der Waals surface area contributed by atoms with Crippen LogP contribution in [0.15, 0.2) is 34.0 Å². The van der Waals surface area contributed by atoms with Crippen LogP contribution in [0.2, 0.25) is 0 Å². The van der Waals surface area contributed by atoms with E-state index in [2.05, 4.69) is 15.5 Å². The van der Waals surface area contributed by atoms with Gasteiger partial charge in [0.25, 0.3) is 11.8 Å². The molecule has 3 rings (SSSR count). The third-order valence-corrected chi connectivity index (χ3v) is 6.49. The van der Waals surface area contributed by atoms with Gasteiger partial charge in [-0.25, -0.2) is 9.78 Å². The molecule has 0 saturated carbocycles. The molecule has 170 valence electrons. The van der Waals surface area contributed by atoms with E-state index >= 15 is 0 Å². The van der Waals surface area contributed by atoms with Crippen molar-refractivity contribution >= 4 is 57.6 Å². The van der Waals surface area contributed by atoms with Crippen molar-refractivity contribution in [2.45, 2.75) is 11.4 Å². The normalized spacial score (nSPS) is 20.7. The fourth-order valence-electron chi connectivity index (χ4n) is 2.99. The summed E-state index contributed by atoms with van der Waals surface area (Å²) in [5.41, 5.74) is 5.74. The Morgan fingerprint density at radius 3 is 2.72 bits per heavy atom. The molecule has 0 radical (unpaired) electrons. The molecule has 4 N–H and O–H groups in total. The number of carbonyl (C=O) groups excluding carboxylic acids is 3. The quantitative estimate of drug-likeness (QED) is 0.201. The van der Waals surface area contributed by atoms with Gasteiger partial charge in [-0.15, -0.1) is 23.1 Å². The zero-order valence-electron chi connectivity index (χ0n) is 17.3. The average molecular weight is 481 g/mol. The van der Waals surface area contributed by atoms with E-state index in [4.69, 9.17) is 10.6 Å². The molecule has 3 amide bonds. The van der Waals surface area contributed by atoms with Crippen molar-refractivity contribution in [2.24, 2.45) is 5.16 Å². The maximum Gasteiger partial charge on any atom is 0.352 e. The van der Waals surface area contributed by atoms with E-state index in [-0.39, 0.29) is 33.9 Å². The van der Waals surface area contributed by atoms with Crippen LogP contribution in [0.25, 0.3) is 0 Å². The maximum absolute atomic E-state index is 12.8. The lowest BCUT2D eigenvalue weighted by Crippen LogP contribution is -2.71. The summed E-state index contributed by atoms with van der Waals surface area (Å²) in [6.07, 6.45) is 2.64. The Bertz CT molecular complexity index is 1060. The van der Waals surface area contributed by atoms with Crippen molar-refractivity contribution in [1.82, 2.24) is 20.1 Å². The highest BCUT2D eigenvalue weighted by atomic mass is 32.2. The Labute approximate surface area is 190 Å². The van der Waals surface area contributed by atoms with Gasteiger partial charge in [0.2, 0.25) is 5.91 Å². The highest BCUT2D eigenvalue weighted by Gasteiger charge is 2.54. The summed E-state index contributed by atoms with van der Waals surface area (Å²) in [4.78, 5) is 60.3. The number of thioether (sulfide) groups is 1. The SMILES string of the molecule is CON=C(C(=O)N[C@@H]1C(=O)N2C(C(=O)O)=C(/C=C/C(=O)N(C)C)CS[C@H]12)c1csc(N)n1. The number of aliphatic carboxylic acids is 1. The van der Waals surface area contributed by atoms with Crippen LogP contribution in [-0.4, -0.2) is 87.7 Å². The van der Waals surface area contributed by atoms with E-state index in [9.17, 15) is 24.3 Å². The number of carboxylic acid groups (broad SMARTS) is 1. The van der Waals surface area contributed by atoms with Gasteiger partial charge in [0, 0.05) is 31.3 Å². The maximum atomic E-state index is 12.8. The van der Waals surface area contributed by atoms with Crippen LogP contribution in [0.3, 0.4) is 0 Å². The van der Waals surface area contributed by atoms with Crippen LogP contribution >= 0.6 is 23.1 Å². The van der Waals surface area contributed by atoms with Gasteiger partial charge >= 0.3 is 5.97 Å². The van der Waals surface area contributed by atoms with Crippen LogP contribution in [0.1, 0.15) is 5.69 Å². The van der Waals surface area contributed by atoms with Crippen molar-refractivity contribution < 1.29 is 29.1 Å². The first kappa shape index (κ1) is 23.3. The molecule has 2 atom stereocenters. The highest BCUT2D eigenvalue weighted by molar-refractivity contribution is 8.00. The molecule has 1 aromatic rings. The predicted molar refractivity (Wildman–Crippen MR) is 118 cm³/mol. The number of nitrogens with zero attached hydrogens (tertiary/aromatic N) is 4. The van der Waals surface area contributed by atoms with E-state index in [1.807, 2.05) is 0 Å². The van der Waals surface area contributed by atoms with Gasteiger partial charge in [0.15, 0.2) is 10.8 Å². The molecule has 1 aromatic heterocycles. The van der Waals surface area contributed by atoms with Gasteiger partial charge in [-0.05, 0) is 5.57 Å². The molecule has 2 aliphatic heterocycles. The summed E-state index contributed by atoms with van der Waals surface area (Å²) in [5.74, 6) is -2.68. The minimum atomic E-state index is -1.30. The van der Waals surface area contributed by atoms with Crippen molar-refractivity contribution in [2.75, 3.05) is 32.7 Å². The van der Waals surface area contributed by atoms with Crippen molar-refractivity contribution in [3.8, 4) is 0 Å². The highest BCUT2D eigenvalue weighted by Crippen LogP contribution is 2.40. The number of fused-ring (bicyclic) bond motifs is 1. The molecule has 12 nitrogen and oxygen atoms in total. The molecular weight excluding hydrogens is 460 g/mol. The van der Waals surface area contributed by atoms with E-state index in [0.717, 1.165) is 16.2 Å². The lowest BCUT2D eigenvalue weighted by Gasteiger charge is -2.49. The Kier molecular flexibility index (Phi) is 6.84. The largest absolute Gasteiger partial charge is 0.477 e. The number of hydrogen-bond acceptors (Lipinski definition) is 10. The van der Waals surface area contributed by atoms with Gasteiger partial charge in [0.1, 0.15) is 29.9 Å². The second kappa shape index (κ2) is 9.40. The second-order valence-corrected chi connectivity index (χ2v) is 8.79. The number of aromatic nitrogens is 1. The number of oxime groups is 1. The number of thiazole rings is 1. The lowest BCUT2D eigenvalue weighted by atomic mass is 10.0. The van der Waals surface area contributed by atoms with E-state index < -0.39 is 29.2 Å². The molecule has 32 heavy (non-hydrogen) atoms. The van der Waals surface area contributed by atoms with Crippen molar-refractivity contribution in [3.63, 3.8) is 0 Å². The Morgan fingerprint density at radius 2 is 2.16 bits per heavy atom. The third-order valence-electron chi connectivity index (χ3n) is 4.52. The molecule has 0 bridgehead atoms. The number of carbonyl (C=O) groups is 4. The summed E-state index contributed by atoms with van der Waals surface area (Å²) in [6, 6.07) is -0.964. The van der Waals surface area contributed by atoms with Gasteiger partial charge < -0.3 is 25.9 Å². The van der Waals surface area contributed by atoms with Crippen molar-refractivity contribution in [3.05, 3.63) is 34.5 Å². The fourth-order valence-corrected chi connectivity index (χ4v) is 4.86. The second-order valence-electron chi connectivity index (χ2n) is 6.80. The van der Waals surface area contributed by atoms with E-state index in [0.29, 0.717) is 5.57 Å². The zero-order chi connectivity index (χ0) is 23.6. The van der Waals surface area contributed by atoms with Crippen LogP contribution in [0.5, 0.6) is 0 Å². The number of allylic oxidation sites excluding steroid dienone is 1. The number of rotatable bonds is 7. The number of nitrogens with two attached hydrogens (primary N) is 1. The summed E-state index contributed by atoms with van der Waals surface area (Å²) >= 11 is 2.38. The van der Waals surface area contributed by atoms with Crippen LogP contribution < -0.4 is 11.1 Å². The first-order chi connectivity index (χ1) is 15.1. The smallest absolute Gasteiger partial charge is 0.352 e. The topological polar surface area (TPSA) is 168 Å². The molecule has 0 unspecified atom stereocenters. The summed E-state index contributed by atoms with van der Waals surface area (Å²) in [5, 5.41) is 17.0. The third kappa shape index (κ3) is 4.45. The minimum absolute atomic E-state index is 0.160. The average Bonchev–Trinajstić information content (AvgIpc) is 3.18. The number of carboxylic acids is 1. The predicted octanol–water partition coefficient (Wildman–Crippen LogP) is -0.541. The van der Waals surface area contributed by atoms with Crippen LogP contribution in [-0.2, 0) is 24.0 Å². The van der Waals surface area contributed by atoms with Gasteiger partial charge in [-0.3, -0.25) is 19.3 Å². The Hall–Kier alpha value is -3.39. The molecule has 0 aliphatic carbocycles. The fraction of sp³-hybridized carbons (Fsp3) is 0.333. The number of amides is 3. The minimum Gasteiger partial charge on any atom is -0.477 e. The number of nitrogen functional groups attached to an aromatic ring is 1. The number of hydrogen-bond donors (Lipinski definition) is 3. The number of anilines is 1. The molecule has 2 aliphatic rings. The summed E-state index contributed by atoms with van der Waals surface area (Å²) in [6.45, 7) is 0. The standard InChI is InChI=1S/C18H20N6O6S2/c1-23(2)10(25)5-4-8-6-31-16-12(15(27)24(16)13(8)17(28)29)21-14(26)11(22-30-3)9-7-32-18(19)20-9/h4-5,7,12,16H,6H2,1-3H3,(H2,19,20)(H,21,26)(H,28,29)/b5-4+,22-11?/t12-,16-/m1/s1. The Morgan fingerprint density at radius 1 is 1.44 bits per heavy atom. The molecule has 1 saturated heterocycles. The van der Waals surface area contributed by atoms with E-state index in [1.165, 1.54) is 41.3 Å². The number of likely N-dealkylation sites (N-methyl/N-ethyl adjacent to an activating group) is 1. The molecule has 0 spiro atoms. The van der Waals surface area contributed by atoms with Gasteiger partial charge in [-0.1, -0.05) is 11.2 Å². The first-order valence-corrected chi connectivity index (χ1v) is 11.0. The molecular formula is C18H20N6O6S2. The summed E-state index contributed by atoms with van der Waals surface area (Å²) < 4.78 is 0. The van der Waals surface area contributed by atoms with Crippen LogP contribution in [0, 0.1) is 0 Å². The molecule has 3 heterocycles. The van der Waals surface area contributed by atoms with Gasteiger partial charge in [0.05, 0.1) is 0 Å². The summed E-state index contributed by atoms with van der Waals surface area (Å²) in [7, 11) is 4.40. The zero-order valence-corrected chi connectivity index (χ0v) is 18.9. The number of β-lactam (4-membered cyclic amide) rings is 1. The number of nitrogens with one attached hydrogen (secondary N) is 1.